The largest absolute Gasteiger partial charge is 0.477 e. The smallest absolute Gasteiger partial charge is 0.311 e. The van der Waals surface area contributed by atoms with E-state index in [1.165, 1.54) is 21.3 Å². The van der Waals surface area contributed by atoms with Crippen molar-refractivity contribution in [1.82, 2.24) is 9.21 Å². The fraction of sp³-hybridized carbons (Fsp3) is 0.278. The zero-order chi connectivity index (χ0) is 21.0. The van der Waals surface area contributed by atoms with E-state index in [0.29, 0.717) is 0 Å². The van der Waals surface area contributed by atoms with Crippen LogP contribution in [0.25, 0.3) is 0 Å². The standard InChI is InChI=1S/C18H18FN3O6S/c19-14-6-7-16(22(24)25)17(12-14)28-13-18(23)20-8-10-21(11-9-20)29(26,27)15-4-2-1-3-5-15/h1-7,12H,8-11,13H2. The highest BCUT2D eigenvalue weighted by Gasteiger charge is 2.30. The van der Waals surface area contributed by atoms with Crippen molar-refractivity contribution in [3.8, 4) is 5.75 Å². The maximum absolute atomic E-state index is 13.3. The van der Waals surface area contributed by atoms with Crippen LogP contribution in [0.5, 0.6) is 5.75 Å². The summed E-state index contributed by atoms with van der Waals surface area (Å²) >= 11 is 0. The third-order valence-corrected chi connectivity index (χ3v) is 6.35. The van der Waals surface area contributed by atoms with E-state index in [-0.39, 0.29) is 36.8 Å². The van der Waals surface area contributed by atoms with Gasteiger partial charge in [-0.15, -0.1) is 0 Å². The Balaban J connectivity index is 1.59. The Bertz CT molecular complexity index is 1010. The van der Waals surface area contributed by atoms with Gasteiger partial charge in [0.1, 0.15) is 5.82 Å². The first-order valence-corrected chi connectivity index (χ1v) is 10.1. The lowest BCUT2D eigenvalue weighted by atomic mass is 10.3. The molecule has 1 saturated heterocycles. The van der Waals surface area contributed by atoms with E-state index in [1.54, 1.807) is 18.2 Å². The number of hydrogen-bond donors (Lipinski definition) is 0. The molecule has 2 aromatic rings. The van der Waals surface area contributed by atoms with Gasteiger partial charge in [0.2, 0.25) is 15.8 Å². The van der Waals surface area contributed by atoms with E-state index in [2.05, 4.69) is 0 Å². The number of nitro groups is 1. The average molecular weight is 423 g/mol. The lowest BCUT2D eigenvalue weighted by Gasteiger charge is -2.33. The molecule has 29 heavy (non-hydrogen) atoms. The Morgan fingerprint density at radius 2 is 1.76 bits per heavy atom. The van der Waals surface area contributed by atoms with Crippen molar-refractivity contribution in [1.29, 1.82) is 0 Å². The molecule has 9 nitrogen and oxygen atoms in total. The third kappa shape index (κ3) is 4.69. The van der Waals surface area contributed by atoms with Crippen LogP contribution in [0.4, 0.5) is 10.1 Å². The molecule has 1 amide bonds. The van der Waals surface area contributed by atoms with Crippen LogP contribution in [-0.2, 0) is 14.8 Å². The number of benzene rings is 2. The zero-order valence-corrected chi connectivity index (χ0v) is 16.0. The average Bonchev–Trinajstić information content (AvgIpc) is 2.72. The normalized spacial score (nSPS) is 15.1. The summed E-state index contributed by atoms with van der Waals surface area (Å²) in [5.74, 6) is -1.54. The molecule has 0 aromatic heterocycles. The number of rotatable bonds is 6. The van der Waals surface area contributed by atoms with Gasteiger partial charge in [-0.05, 0) is 18.2 Å². The van der Waals surface area contributed by atoms with Crippen molar-refractivity contribution in [3.63, 3.8) is 0 Å². The van der Waals surface area contributed by atoms with Crippen LogP contribution in [0.1, 0.15) is 0 Å². The Kier molecular flexibility index (Phi) is 6.09. The minimum absolute atomic E-state index is 0.114. The Labute approximate surface area is 166 Å². The van der Waals surface area contributed by atoms with E-state index in [1.807, 2.05) is 0 Å². The summed E-state index contributed by atoms with van der Waals surface area (Å²) in [5.41, 5.74) is -0.446. The van der Waals surface area contributed by atoms with Crippen LogP contribution in [0.15, 0.2) is 53.4 Å². The molecule has 2 aromatic carbocycles. The summed E-state index contributed by atoms with van der Waals surface area (Å²) in [6.45, 7) is 0.0148. The van der Waals surface area contributed by atoms with Crippen LogP contribution < -0.4 is 4.74 Å². The molecule has 1 fully saturated rings. The number of halogens is 1. The first kappa shape index (κ1) is 20.7. The molecule has 0 saturated carbocycles. The van der Waals surface area contributed by atoms with Gasteiger partial charge in [-0.2, -0.15) is 4.31 Å². The maximum atomic E-state index is 13.3. The van der Waals surface area contributed by atoms with Crippen molar-refractivity contribution in [2.45, 2.75) is 4.90 Å². The van der Waals surface area contributed by atoms with E-state index >= 15 is 0 Å². The fourth-order valence-corrected chi connectivity index (χ4v) is 4.35. The molecule has 3 rings (SSSR count). The monoisotopic (exact) mass is 423 g/mol. The number of piperazine rings is 1. The molecule has 1 aliphatic rings. The highest BCUT2D eigenvalue weighted by atomic mass is 32.2. The van der Waals surface area contributed by atoms with Crippen molar-refractivity contribution >= 4 is 21.6 Å². The van der Waals surface area contributed by atoms with Gasteiger partial charge in [0.25, 0.3) is 5.91 Å². The summed E-state index contributed by atoms with van der Waals surface area (Å²) in [6, 6.07) is 10.7. The molecule has 0 unspecified atom stereocenters. The summed E-state index contributed by atoms with van der Waals surface area (Å²) in [7, 11) is -3.64. The van der Waals surface area contributed by atoms with Crippen LogP contribution >= 0.6 is 0 Å². The zero-order valence-electron chi connectivity index (χ0n) is 15.2. The van der Waals surface area contributed by atoms with Gasteiger partial charge in [0.15, 0.2) is 6.61 Å². The first-order valence-electron chi connectivity index (χ1n) is 8.69. The maximum Gasteiger partial charge on any atom is 0.311 e. The van der Waals surface area contributed by atoms with Gasteiger partial charge in [-0.1, -0.05) is 18.2 Å². The van der Waals surface area contributed by atoms with Crippen LogP contribution in [-0.4, -0.2) is 61.2 Å². The van der Waals surface area contributed by atoms with Gasteiger partial charge in [0.05, 0.1) is 9.82 Å². The molecule has 11 heteroatoms. The summed E-state index contributed by atoms with van der Waals surface area (Å²) in [5, 5.41) is 11.0. The number of nitro benzene ring substituents is 1. The fourth-order valence-electron chi connectivity index (χ4n) is 2.90. The van der Waals surface area contributed by atoms with E-state index < -0.39 is 39.0 Å². The predicted octanol–water partition coefficient (Wildman–Crippen LogP) is 1.65. The number of hydrogen-bond acceptors (Lipinski definition) is 6. The second-order valence-electron chi connectivity index (χ2n) is 6.26. The third-order valence-electron chi connectivity index (χ3n) is 4.44. The predicted molar refractivity (Wildman–Crippen MR) is 100 cm³/mol. The number of carbonyl (C=O) groups is 1. The summed E-state index contributed by atoms with van der Waals surface area (Å²) < 4.78 is 45.0. The molecular weight excluding hydrogens is 405 g/mol. The SMILES string of the molecule is O=C(COc1cc(F)ccc1[N+](=O)[O-])N1CCN(S(=O)(=O)c2ccccc2)CC1. The molecule has 0 N–H and O–H groups in total. The number of nitrogens with zero attached hydrogens (tertiary/aromatic N) is 3. The number of sulfonamides is 1. The van der Waals surface area contributed by atoms with Crippen molar-refractivity contribution in [3.05, 3.63) is 64.5 Å². The van der Waals surface area contributed by atoms with Crippen LogP contribution in [0.2, 0.25) is 0 Å². The van der Waals surface area contributed by atoms with E-state index in [4.69, 9.17) is 4.74 Å². The Morgan fingerprint density at radius 3 is 2.38 bits per heavy atom. The van der Waals surface area contributed by atoms with Crippen molar-refractivity contribution in [2.75, 3.05) is 32.8 Å². The molecule has 0 atom stereocenters. The van der Waals surface area contributed by atoms with E-state index in [0.717, 1.165) is 18.2 Å². The van der Waals surface area contributed by atoms with Gasteiger partial charge >= 0.3 is 5.69 Å². The van der Waals surface area contributed by atoms with Crippen LogP contribution in [0, 0.1) is 15.9 Å². The molecule has 0 spiro atoms. The number of ether oxygens (including phenoxy) is 1. The van der Waals surface area contributed by atoms with Gasteiger partial charge in [-0.25, -0.2) is 12.8 Å². The lowest BCUT2D eigenvalue weighted by Crippen LogP contribution is -2.51. The molecule has 1 aliphatic heterocycles. The number of carbonyl (C=O) groups excluding carboxylic acids is 1. The van der Waals surface area contributed by atoms with Crippen molar-refractivity contribution < 1.29 is 27.3 Å². The minimum atomic E-state index is -3.64. The molecule has 0 bridgehead atoms. The second-order valence-corrected chi connectivity index (χ2v) is 8.19. The molecule has 154 valence electrons. The summed E-state index contributed by atoms with van der Waals surface area (Å²) in [4.78, 5) is 24.2. The highest BCUT2D eigenvalue weighted by molar-refractivity contribution is 7.89. The molecule has 1 heterocycles. The van der Waals surface area contributed by atoms with Gasteiger partial charge < -0.3 is 9.64 Å². The van der Waals surface area contributed by atoms with E-state index in [9.17, 15) is 27.7 Å². The molecule has 0 aliphatic carbocycles. The van der Waals surface area contributed by atoms with Crippen molar-refractivity contribution in [2.24, 2.45) is 0 Å². The second kappa shape index (κ2) is 8.53. The quantitative estimate of drug-likeness (QED) is 0.516. The number of amides is 1. The highest BCUT2D eigenvalue weighted by Crippen LogP contribution is 2.27. The van der Waals surface area contributed by atoms with Gasteiger partial charge in [0, 0.05) is 38.3 Å². The Hall–Kier alpha value is -3.05. The molecule has 0 radical (unpaired) electrons. The summed E-state index contributed by atoms with van der Waals surface area (Å²) in [6.07, 6.45) is 0. The van der Waals surface area contributed by atoms with Crippen LogP contribution in [0.3, 0.4) is 0 Å². The van der Waals surface area contributed by atoms with Gasteiger partial charge in [-0.3, -0.25) is 14.9 Å². The topological polar surface area (TPSA) is 110 Å². The molecular formula is C18H18FN3O6S. The first-order chi connectivity index (χ1) is 13.8. The lowest BCUT2D eigenvalue weighted by molar-refractivity contribution is -0.385. The minimum Gasteiger partial charge on any atom is -0.477 e. The Morgan fingerprint density at radius 1 is 1.10 bits per heavy atom.